The van der Waals surface area contributed by atoms with Crippen LogP contribution in [-0.4, -0.2) is 4.98 Å². The first-order valence-electron chi connectivity index (χ1n) is 6.23. The fourth-order valence-electron chi connectivity index (χ4n) is 2.50. The van der Waals surface area contributed by atoms with Crippen LogP contribution >= 0.6 is 11.3 Å². The molecule has 0 radical (unpaired) electrons. The fraction of sp³-hybridized carbons (Fsp3) is 0.133. The summed E-state index contributed by atoms with van der Waals surface area (Å²) in [6.45, 7) is 0. The molecule has 0 bridgehead atoms. The van der Waals surface area contributed by atoms with Gasteiger partial charge in [0.15, 0.2) is 0 Å². The highest BCUT2D eigenvalue weighted by Crippen LogP contribution is 2.40. The zero-order valence-electron chi connectivity index (χ0n) is 10.2. The number of nitrogen functional groups attached to an aromatic ring is 1. The summed E-state index contributed by atoms with van der Waals surface area (Å²) < 4.78 is 5.49. The van der Waals surface area contributed by atoms with Crippen LogP contribution in [-0.2, 0) is 12.8 Å². The van der Waals surface area contributed by atoms with Crippen molar-refractivity contribution in [2.45, 2.75) is 12.8 Å². The lowest BCUT2D eigenvalue weighted by atomic mass is 10.0. The van der Waals surface area contributed by atoms with Gasteiger partial charge in [0.05, 0.1) is 12.0 Å². The Kier molecular flexibility index (Phi) is 2.26. The first-order valence-corrected chi connectivity index (χ1v) is 7.05. The van der Waals surface area contributed by atoms with Crippen LogP contribution in [0.3, 0.4) is 0 Å². The van der Waals surface area contributed by atoms with Gasteiger partial charge >= 0.3 is 0 Å². The minimum atomic E-state index is 0.773. The summed E-state index contributed by atoms with van der Waals surface area (Å²) in [4.78, 5) is 6.12. The number of furan rings is 1. The van der Waals surface area contributed by atoms with E-state index in [-0.39, 0.29) is 0 Å². The van der Waals surface area contributed by atoms with Gasteiger partial charge in [-0.3, -0.25) is 0 Å². The normalized spacial score (nSPS) is 13.1. The first-order chi connectivity index (χ1) is 9.31. The molecule has 0 spiro atoms. The van der Waals surface area contributed by atoms with E-state index in [1.165, 1.54) is 4.88 Å². The van der Waals surface area contributed by atoms with E-state index in [9.17, 15) is 0 Å². The maximum absolute atomic E-state index is 5.84. The lowest BCUT2D eigenvalue weighted by molar-refractivity contribution is 0.508. The summed E-state index contributed by atoms with van der Waals surface area (Å²) in [6.07, 6.45) is 3.73. The van der Waals surface area contributed by atoms with Crippen molar-refractivity contribution in [2.75, 3.05) is 5.73 Å². The molecule has 94 valence electrons. The number of hydrogen-bond acceptors (Lipinski definition) is 4. The van der Waals surface area contributed by atoms with Crippen molar-refractivity contribution in [2.24, 2.45) is 0 Å². The molecule has 3 nitrogen and oxygen atoms in total. The highest BCUT2D eigenvalue weighted by molar-refractivity contribution is 7.15. The number of aryl methyl sites for hydroxylation is 2. The zero-order chi connectivity index (χ0) is 12.8. The van der Waals surface area contributed by atoms with Crippen LogP contribution in [0, 0.1) is 0 Å². The number of nitrogens with two attached hydrogens (primary N) is 1. The minimum absolute atomic E-state index is 0.773. The Balaban J connectivity index is 1.86. The van der Waals surface area contributed by atoms with E-state index in [2.05, 4.69) is 6.07 Å². The number of hydrogen-bond donors (Lipinski definition) is 1. The van der Waals surface area contributed by atoms with Gasteiger partial charge < -0.3 is 10.2 Å². The third kappa shape index (κ3) is 1.68. The molecule has 2 heterocycles. The van der Waals surface area contributed by atoms with Crippen molar-refractivity contribution in [1.82, 2.24) is 4.98 Å². The van der Waals surface area contributed by atoms with Crippen LogP contribution in [0.5, 0.6) is 0 Å². The number of thiazole rings is 1. The molecular formula is C15H12N2OS. The van der Waals surface area contributed by atoms with Crippen LogP contribution < -0.4 is 5.73 Å². The van der Waals surface area contributed by atoms with Crippen molar-refractivity contribution in [1.29, 1.82) is 0 Å². The predicted molar refractivity (Wildman–Crippen MR) is 77.1 cm³/mol. The van der Waals surface area contributed by atoms with Gasteiger partial charge in [-0.25, -0.2) is 4.98 Å². The van der Waals surface area contributed by atoms with E-state index in [0.29, 0.717) is 0 Å². The topological polar surface area (TPSA) is 52.0 Å². The Morgan fingerprint density at radius 1 is 1.21 bits per heavy atom. The Morgan fingerprint density at radius 2 is 2.16 bits per heavy atom. The summed E-state index contributed by atoms with van der Waals surface area (Å²) in [5, 5.41) is 1.03. The Morgan fingerprint density at radius 3 is 3.05 bits per heavy atom. The Hall–Kier alpha value is -2.07. The molecule has 4 heteroatoms. The number of aromatic nitrogens is 1. The Labute approximate surface area is 114 Å². The lowest BCUT2D eigenvalue weighted by Gasteiger charge is -2.07. The van der Waals surface area contributed by atoms with Gasteiger partial charge in [0.2, 0.25) is 0 Å². The van der Waals surface area contributed by atoms with E-state index in [1.807, 2.05) is 24.3 Å². The van der Waals surface area contributed by atoms with Crippen LogP contribution in [0.1, 0.15) is 10.6 Å². The van der Waals surface area contributed by atoms with Gasteiger partial charge in [-0.2, -0.15) is 0 Å². The summed E-state index contributed by atoms with van der Waals surface area (Å²) in [5.74, 6) is 1.05. The third-order valence-corrected chi connectivity index (χ3v) is 4.57. The van der Waals surface area contributed by atoms with Crippen molar-refractivity contribution in [3.05, 3.63) is 47.2 Å². The van der Waals surface area contributed by atoms with Gasteiger partial charge in [-0.05, 0) is 24.6 Å². The fourth-order valence-corrected chi connectivity index (χ4v) is 3.57. The largest absolute Gasteiger partial charge is 0.469 e. The summed E-state index contributed by atoms with van der Waals surface area (Å²) in [7, 11) is 0. The van der Waals surface area contributed by atoms with E-state index in [4.69, 9.17) is 15.1 Å². The molecule has 0 atom stereocenters. The second-order valence-corrected chi connectivity index (χ2v) is 5.76. The van der Waals surface area contributed by atoms with E-state index >= 15 is 0 Å². The third-order valence-electron chi connectivity index (χ3n) is 3.41. The molecule has 2 aromatic heterocycles. The first kappa shape index (κ1) is 10.8. The number of benzene rings is 1. The zero-order valence-corrected chi connectivity index (χ0v) is 11.0. The molecule has 0 fully saturated rings. The summed E-state index contributed by atoms with van der Waals surface area (Å²) >= 11 is 1.76. The predicted octanol–water partition coefficient (Wildman–Crippen LogP) is 3.75. The maximum Gasteiger partial charge on any atom is 0.124 e. The minimum Gasteiger partial charge on any atom is -0.469 e. The molecular weight excluding hydrogens is 256 g/mol. The van der Waals surface area contributed by atoms with Crippen LogP contribution in [0.4, 0.5) is 5.69 Å². The van der Waals surface area contributed by atoms with Crippen molar-refractivity contribution in [3.8, 4) is 21.8 Å². The van der Waals surface area contributed by atoms with Gasteiger partial charge in [0.25, 0.3) is 0 Å². The molecule has 1 aliphatic carbocycles. The number of fused-ring (bicyclic) bond motifs is 3. The molecule has 0 amide bonds. The monoisotopic (exact) mass is 268 g/mol. The molecule has 0 unspecified atom stereocenters. The van der Waals surface area contributed by atoms with Gasteiger partial charge in [-0.1, -0.05) is 12.1 Å². The van der Waals surface area contributed by atoms with Crippen LogP contribution in [0.15, 0.2) is 41.0 Å². The highest BCUT2D eigenvalue weighted by Gasteiger charge is 2.23. The molecule has 2 N–H and O–H groups in total. The van der Waals surface area contributed by atoms with Gasteiger partial charge in [-0.15, -0.1) is 11.3 Å². The molecule has 1 aliphatic rings. The summed E-state index contributed by atoms with van der Waals surface area (Å²) in [5.41, 5.74) is 9.93. The standard InChI is InChI=1S/C15H12N2OS/c16-10-3-1-2-9(8-10)15-17-14-11-6-7-18-12(11)4-5-13(14)19-15/h1-3,6-8H,4-5,16H2. The number of nitrogens with zero attached hydrogens (tertiary/aromatic N) is 1. The van der Waals surface area contributed by atoms with Gasteiger partial charge in [0, 0.05) is 28.1 Å². The molecule has 19 heavy (non-hydrogen) atoms. The second kappa shape index (κ2) is 3.96. The lowest BCUT2D eigenvalue weighted by Crippen LogP contribution is -1.98. The SMILES string of the molecule is Nc1cccc(-c2nc3c(s2)CCc2occc2-3)c1. The number of anilines is 1. The molecule has 4 rings (SSSR count). The molecule has 1 aromatic carbocycles. The summed E-state index contributed by atoms with van der Waals surface area (Å²) in [6, 6.07) is 9.90. The molecule has 0 saturated carbocycles. The van der Waals surface area contributed by atoms with E-state index < -0.39 is 0 Å². The van der Waals surface area contributed by atoms with Gasteiger partial charge in [0.1, 0.15) is 10.8 Å². The highest BCUT2D eigenvalue weighted by atomic mass is 32.1. The Bertz CT molecular complexity index is 757. The van der Waals surface area contributed by atoms with Crippen molar-refractivity contribution in [3.63, 3.8) is 0 Å². The molecule has 0 saturated heterocycles. The smallest absolute Gasteiger partial charge is 0.124 e. The van der Waals surface area contributed by atoms with E-state index in [0.717, 1.165) is 46.1 Å². The average Bonchev–Trinajstić information content (AvgIpc) is 3.04. The molecule has 0 aliphatic heterocycles. The van der Waals surface area contributed by atoms with Crippen molar-refractivity contribution >= 4 is 17.0 Å². The second-order valence-electron chi connectivity index (χ2n) is 4.67. The number of rotatable bonds is 1. The van der Waals surface area contributed by atoms with E-state index in [1.54, 1.807) is 17.6 Å². The van der Waals surface area contributed by atoms with Crippen LogP contribution in [0.2, 0.25) is 0 Å². The van der Waals surface area contributed by atoms with Crippen LogP contribution in [0.25, 0.3) is 21.8 Å². The average molecular weight is 268 g/mol. The molecule has 3 aromatic rings. The van der Waals surface area contributed by atoms with Crippen molar-refractivity contribution < 1.29 is 4.42 Å². The quantitative estimate of drug-likeness (QED) is 0.684. The maximum atomic E-state index is 5.84.